The zero-order valence-corrected chi connectivity index (χ0v) is 18.0. The van der Waals surface area contributed by atoms with Gasteiger partial charge < -0.3 is 15.7 Å². The number of nitrogen functional groups attached to an aromatic ring is 1. The van der Waals surface area contributed by atoms with Crippen molar-refractivity contribution in [3.8, 4) is 22.7 Å². The van der Waals surface area contributed by atoms with Crippen molar-refractivity contribution in [3.05, 3.63) is 64.2 Å². The maximum absolute atomic E-state index is 13.5. The van der Waals surface area contributed by atoms with Crippen LogP contribution in [0.15, 0.2) is 47.3 Å². The topological polar surface area (TPSA) is 84.4 Å². The Morgan fingerprint density at radius 2 is 1.71 bits per heavy atom. The number of hydrogen-bond donors (Lipinski definition) is 2. The molecule has 0 amide bonds. The number of hydrogen-bond acceptors (Lipinski definition) is 5. The van der Waals surface area contributed by atoms with Crippen LogP contribution in [0.5, 0.6) is 5.75 Å². The summed E-state index contributed by atoms with van der Waals surface area (Å²) in [6.45, 7) is 7.57. The number of aromatic hydroxyl groups is 1. The molecule has 3 N–H and O–H groups in total. The van der Waals surface area contributed by atoms with Gasteiger partial charge in [0, 0.05) is 24.7 Å². The van der Waals surface area contributed by atoms with Crippen molar-refractivity contribution in [2.75, 3.05) is 23.7 Å². The van der Waals surface area contributed by atoms with Gasteiger partial charge in [0.15, 0.2) is 0 Å². The average molecular weight is 423 g/mol. The van der Waals surface area contributed by atoms with Gasteiger partial charge in [0.2, 0.25) is 0 Å². The molecule has 1 aliphatic heterocycles. The largest absolute Gasteiger partial charge is 0.508 e. The summed E-state index contributed by atoms with van der Waals surface area (Å²) in [5, 5.41) is 15.2. The molecule has 0 atom stereocenters. The van der Waals surface area contributed by atoms with Crippen LogP contribution in [0.25, 0.3) is 16.9 Å². The Bertz CT molecular complexity index is 1170. The van der Waals surface area contributed by atoms with Gasteiger partial charge in [-0.05, 0) is 54.2 Å². The van der Waals surface area contributed by atoms with Crippen molar-refractivity contribution >= 4 is 11.4 Å². The van der Waals surface area contributed by atoms with E-state index in [1.165, 1.54) is 22.9 Å². The lowest BCUT2D eigenvalue weighted by molar-refractivity contribution is 0.446. The maximum Gasteiger partial charge on any atom is 0.296 e. The molecule has 0 radical (unpaired) electrons. The fourth-order valence-electron chi connectivity index (χ4n) is 4.06. The van der Waals surface area contributed by atoms with Crippen molar-refractivity contribution in [3.63, 3.8) is 0 Å². The summed E-state index contributed by atoms with van der Waals surface area (Å²) in [5.74, 6) is -0.264. The van der Waals surface area contributed by atoms with E-state index in [2.05, 4.69) is 10.00 Å². The molecule has 2 heterocycles. The summed E-state index contributed by atoms with van der Waals surface area (Å²) < 4.78 is 14.7. The van der Waals surface area contributed by atoms with Crippen LogP contribution in [0.4, 0.5) is 15.8 Å². The molecule has 0 aliphatic carbocycles. The number of phenolic OH excluding ortho intramolecular Hbond substituents is 1. The van der Waals surface area contributed by atoms with Crippen molar-refractivity contribution in [1.29, 1.82) is 0 Å². The van der Waals surface area contributed by atoms with Crippen molar-refractivity contribution in [2.24, 2.45) is 0 Å². The lowest BCUT2D eigenvalue weighted by Gasteiger charge is -2.24. The first-order chi connectivity index (χ1) is 14.7. The summed E-state index contributed by atoms with van der Waals surface area (Å²) in [6.07, 6.45) is 2.01. The minimum absolute atomic E-state index is 0.0872. The molecule has 1 saturated heterocycles. The molecule has 7 heteroatoms. The van der Waals surface area contributed by atoms with Gasteiger partial charge in [0.05, 0.1) is 11.4 Å². The van der Waals surface area contributed by atoms with Crippen LogP contribution >= 0.6 is 0 Å². The van der Waals surface area contributed by atoms with Crippen LogP contribution in [0, 0.1) is 5.82 Å². The minimum Gasteiger partial charge on any atom is -0.508 e. The summed E-state index contributed by atoms with van der Waals surface area (Å²) in [6, 6.07) is 11.1. The Hall–Kier alpha value is -3.35. The highest BCUT2D eigenvalue weighted by molar-refractivity contribution is 5.84. The molecule has 31 heavy (non-hydrogen) atoms. The molecule has 6 nitrogen and oxygen atoms in total. The number of aromatic nitrogens is 2. The predicted octanol–water partition coefficient (Wildman–Crippen LogP) is 4.22. The third-order valence-corrected chi connectivity index (χ3v) is 5.68. The van der Waals surface area contributed by atoms with Gasteiger partial charge in [-0.2, -0.15) is 9.78 Å². The van der Waals surface area contributed by atoms with Crippen molar-refractivity contribution < 1.29 is 9.50 Å². The predicted molar refractivity (Wildman–Crippen MR) is 121 cm³/mol. The molecule has 1 aliphatic rings. The molecule has 0 unspecified atom stereocenters. The highest BCUT2D eigenvalue weighted by Crippen LogP contribution is 2.36. The number of phenols is 1. The SMILES string of the molecule is CC(C)(C)c1ccc(-n2nc(-c3ccc(F)cc3)c(N3CCCC3)c(N)c2=O)cc1O. The maximum atomic E-state index is 13.5. The standard InChI is InChI=1S/C24H27FN4O2/c1-24(2,3)18-11-10-17(14-19(18)30)29-23(31)20(26)22(28-12-4-5-13-28)21(27-29)15-6-8-16(25)9-7-15/h6-11,14,30H,4-5,12-13,26H2,1-3H3. The molecule has 1 aromatic heterocycles. The first-order valence-corrected chi connectivity index (χ1v) is 10.4. The first-order valence-electron chi connectivity index (χ1n) is 10.4. The van der Waals surface area contributed by atoms with E-state index in [9.17, 15) is 14.3 Å². The van der Waals surface area contributed by atoms with Gasteiger partial charge in [0.25, 0.3) is 5.56 Å². The monoisotopic (exact) mass is 422 g/mol. The van der Waals surface area contributed by atoms with Crippen LogP contribution in [-0.2, 0) is 5.41 Å². The Morgan fingerprint density at radius 1 is 1.06 bits per heavy atom. The van der Waals surface area contributed by atoms with Crippen LogP contribution in [-0.4, -0.2) is 28.0 Å². The van der Waals surface area contributed by atoms with Gasteiger partial charge in [-0.3, -0.25) is 4.79 Å². The second-order valence-corrected chi connectivity index (χ2v) is 8.98. The van der Waals surface area contributed by atoms with Gasteiger partial charge >= 0.3 is 0 Å². The summed E-state index contributed by atoms with van der Waals surface area (Å²) >= 11 is 0. The van der Waals surface area contributed by atoms with E-state index < -0.39 is 5.56 Å². The van der Waals surface area contributed by atoms with Crippen molar-refractivity contribution in [2.45, 2.75) is 39.0 Å². The van der Waals surface area contributed by atoms with E-state index in [0.717, 1.165) is 31.5 Å². The highest BCUT2D eigenvalue weighted by atomic mass is 19.1. The van der Waals surface area contributed by atoms with Crippen LogP contribution in [0.2, 0.25) is 0 Å². The molecular formula is C24H27FN4O2. The summed E-state index contributed by atoms with van der Waals surface area (Å²) in [4.78, 5) is 15.2. The second-order valence-electron chi connectivity index (χ2n) is 8.98. The Labute approximate surface area is 180 Å². The van der Waals surface area contributed by atoms with E-state index in [-0.39, 0.29) is 22.7 Å². The fourth-order valence-corrected chi connectivity index (χ4v) is 4.06. The van der Waals surface area contributed by atoms with Crippen LogP contribution in [0.1, 0.15) is 39.2 Å². The molecule has 0 spiro atoms. The number of benzene rings is 2. The summed E-state index contributed by atoms with van der Waals surface area (Å²) in [7, 11) is 0. The molecule has 3 aromatic rings. The number of halogens is 1. The first kappa shape index (κ1) is 20.9. The Morgan fingerprint density at radius 3 is 2.29 bits per heavy atom. The van der Waals surface area contributed by atoms with E-state index in [1.807, 2.05) is 20.8 Å². The summed E-state index contributed by atoms with van der Waals surface area (Å²) in [5.41, 5.74) is 8.69. The molecule has 162 valence electrons. The second kappa shape index (κ2) is 7.72. The molecule has 1 fully saturated rings. The molecular weight excluding hydrogens is 395 g/mol. The van der Waals surface area contributed by atoms with E-state index in [4.69, 9.17) is 5.73 Å². The van der Waals surface area contributed by atoms with Gasteiger partial charge in [-0.1, -0.05) is 26.8 Å². The Kier molecular flexibility index (Phi) is 5.21. The lowest BCUT2D eigenvalue weighted by Crippen LogP contribution is -2.30. The minimum atomic E-state index is -0.448. The van der Waals surface area contributed by atoms with Crippen LogP contribution in [0.3, 0.4) is 0 Å². The van der Waals surface area contributed by atoms with Gasteiger partial charge in [0.1, 0.15) is 22.9 Å². The van der Waals surface area contributed by atoms with Gasteiger partial charge in [-0.25, -0.2) is 4.39 Å². The van der Waals surface area contributed by atoms with E-state index in [1.54, 1.807) is 24.3 Å². The lowest BCUT2D eigenvalue weighted by atomic mass is 9.86. The fraction of sp³-hybridized carbons (Fsp3) is 0.333. The zero-order chi connectivity index (χ0) is 22.3. The number of nitrogens with two attached hydrogens (primary N) is 1. The normalized spacial score (nSPS) is 14.3. The molecule has 2 aromatic carbocycles. The third kappa shape index (κ3) is 3.87. The van der Waals surface area contributed by atoms with E-state index in [0.29, 0.717) is 22.6 Å². The smallest absolute Gasteiger partial charge is 0.296 e. The third-order valence-electron chi connectivity index (χ3n) is 5.68. The molecule has 4 rings (SSSR count). The quantitative estimate of drug-likeness (QED) is 0.660. The zero-order valence-electron chi connectivity index (χ0n) is 18.0. The molecule has 0 saturated carbocycles. The van der Waals surface area contributed by atoms with Crippen molar-refractivity contribution in [1.82, 2.24) is 9.78 Å². The molecule has 0 bridgehead atoms. The number of nitrogens with zero attached hydrogens (tertiary/aromatic N) is 3. The Balaban J connectivity index is 1.93. The number of anilines is 2. The van der Waals surface area contributed by atoms with Crippen LogP contribution < -0.4 is 16.2 Å². The van der Waals surface area contributed by atoms with E-state index >= 15 is 0 Å². The highest BCUT2D eigenvalue weighted by Gasteiger charge is 2.25. The number of rotatable bonds is 3. The van der Waals surface area contributed by atoms with Gasteiger partial charge in [-0.15, -0.1) is 0 Å². The average Bonchev–Trinajstić information content (AvgIpc) is 3.23.